The number of likely N-dealkylation sites (tertiary alicyclic amines) is 1. The van der Waals surface area contributed by atoms with E-state index in [-0.39, 0.29) is 16.3 Å². The zero-order chi connectivity index (χ0) is 15.7. The molecule has 1 saturated heterocycles. The van der Waals surface area contributed by atoms with Crippen molar-refractivity contribution < 1.29 is 14.3 Å². The molecule has 0 bridgehead atoms. The molecule has 0 aromatic rings. The summed E-state index contributed by atoms with van der Waals surface area (Å²) in [5, 5.41) is 2.92. The van der Waals surface area contributed by atoms with E-state index in [0.717, 1.165) is 0 Å². The number of rotatable bonds is 1. The molecule has 6 heteroatoms. The van der Waals surface area contributed by atoms with Gasteiger partial charge in [0.2, 0.25) is 5.91 Å². The van der Waals surface area contributed by atoms with Crippen molar-refractivity contribution in [2.24, 2.45) is 0 Å². The van der Waals surface area contributed by atoms with E-state index in [1.165, 1.54) is 4.90 Å². The molecule has 1 aliphatic rings. The summed E-state index contributed by atoms with van der Waals surface area (Å²) in [7, 11) is 0. The highest BCUT2D eigenvalue weighted by Gasteiger charge is 2.41. The minimum absolute atomic E-state index is 0.116. The van der Waals surface area contributed by atoms with E-state index in [0.29, 0.717) is 13.0 Å². The number of ether oxygens (including phenoxy) is 1. The number of nitrogens with zero attached hydrogens (tertiary/aromatic N) is 1. The van der Waals surface area contributed by atoms with Gasteiger partial charge in [0.25, 0.3) is 0 Å². The summed E-state index contributed by atoms with van der Waals surface area (Å²) in [6.07, 6.45) is 0.162. The largest absolute Gasteiger partial charge is 0.444 e. The topological polar surface area (TPSA) is 58.6 Å². The third-order valence-corrected chi connectivity index (χ3v) is 3.34. The fourth-order valence-electron chi connectivity index (χ4n) is 2.01. The molecule has 1 heterocycles. The Morgan fingerprint density at radius 3 is 2.20 bits per heavy atom. The summed E-state index contributed by atoms with van der Waals surface area (Å²) in [5.41, 5.74) is -0.881. The number of hydrogen-bond acceptors (Lipinski definition) is 3. The average molecular weight is 349 g/mol. The Kier molecular flexibility index (Phi) is 5.11. The van der Waals surface area contributed by atoms with Crippen LogP contribution in [0.4, 0.5) is 4.79 Å². The van der Waals surface area contributed by atoms with Gasteiger partial charge in [-0.15, -0.1) is 0 Å². The van der Waals surface area contributed by atoms with Gasteiger partial charge in [0.1, 0.15) is 11.6 Å². The highest BCUT2D eigenvalue weighted by Crippen LogP contribution is 2.26. The van der Waals surface area contributed by atoms with Gasteiger partial charge in [-0.2, -0.15) is 0 Å². The van der Waals surface area contributed by atoms with Crippen molar-refractivity contribution >= 4 is 27.9 Å². The predicted molar refractivity (Wildman–Crippen MR) is 82.0 cm³/mol. The number of alkyl halides is 1. The van der Waals surface area contributed by atoms with Crippen LogP contribution in [0.1, 0.15) is 48.0 Å². The summed E-state index contributed by atoms with van der Waals surface area (Å²) < 4.78 is 5.37. The smallest absolute Gasteiger partial charge is 0.411 e. The summed E-state index contributed by atoms with van der Waals surface area (Å²) in [6, 6.07) is -0.478. The first-order valence-electron chi connectivity index (χ1n) is 6.85. The molecule has 1 aliphatic heterocycles. The zero-order valence-corrected chi connectivity index (χ0v) is 14.7. The Hall–Kier alpha value is -0.780. The van der Waals surface area contributed by atoms with E-state index in [9.17, 15) is 9.59 Å². The lowest BCUT2D eigenvalue weighted by atomic mass is 10.1. The molecule has 0 aromatic carbocycles. The van der Waals surface area contributed by atoms with Gasteiger partial charge in [-0.3, -0.25) is 9.69 Å². The standard InChI is InChI=1S/C14H25BrN2O3/c1-13(2,3)16-11(18)10-7-9(15)8-17(10)12(19)20-14(4,5)6/h9-10H,7-8H2,1-6H3,(H,16,18)/t9?,10-/m0/s1. The molecule has 0 radical (unpaired) electrons. The van der Waals surface area contributed by atoms with Gasteiger partial charge in [-0.25, -0.2) is 4.79 Å². The molecule has 0 spiro atoms. The number of amides is 2. The lowest BCUT2D eigenvalue weighted by Crippen LogP contribution is -2.52. The zero-order valence-electron chi connectivity index (χ0n) is 13.1. The Morgan fingerprint density at radius 2 is 1.75 bits per heavy atom. The number of halogens is 1. The molecule has 0 aromatic heterocycles. The maximum Gasteiger partial charge on any atom is 0.411 e. The maximum absolute atomic E-state index is 12.3. The summed E-state index contributed by atoms with van der Waals surface area (Å²) in [5.74, 6) is -0.134. The molecule has 1 rings (SSSR count). The first kappa shape index (κ1) is 17.3. The van der Waals surface area contributed by atoms with Crippen molar-refractivity contribution in [1.82, 2.24) is 10.2 Å². The van der Waals surface area contributed by atoms with Crippen molar-refractivity contribution in [2.45, 2.75) is 70.0 Å². The number of nitrogens with one attached hydrogen (secondary N) is 1. The van der Waals surface area contributed by atoms with Gasteiger partial charge in [0.15, 0.2) is 0 Å². The van der Waals surface area contributed by atoms with Crippen molar-refractivity contribution in [1.29, 1.82) is 0 Å². The molecule has 0 saturated carbocycles. The lowest BCUT2D eigenvalue weighted by molar-refractivity contribution is -0.126. The molecule has 116 valence electrons. The van der Waals surface area contributed by atoms with Gasteiger partial charge >= 0.3 is 6.09 Å². The van der Waals surface area contributed by atoms with Crippen LogP contribution in [0.3, 0.4) is 0 Å². The highest BCUT2D eigenvalue weighted by atomic mass is 79.9. The van der Waals surface area contributed by atoms with Gasteiger partial charge in [0.05, 0.1) is 0 Å². The van der Waals surface area contributed by atoms with Gasteiger partial charge < -0.3 is 10.1 Å². The fourth-order valence-corrected chi connectivity index (χ4v) is 2.67. The van der Waals surface area contributed by atoms with E-state index in [4.69, 9.17) is 4.74 Å². The van der Waals surface area contributed by atoms with Crippen LogP contribution >= 0.6 is 15.9 Å². The van der Waals surface area contributed by atoms with Crippen LogP contribution in [0, 0.1) is 0 Å². The van der Waals surface area contributed by atoms with Gasteiger partial charge in [-0.1, -0.05) is 15.9 Å². The number of hydrogen-bond donors (Lipinski definition) is 1. The van der Waals surface area contributed by atoms with E-state index < -0.39 is 17.7 Å². The third kappa shape index (κ3) is 5.31. The molecule has 5 nitrogen and oxygen atoms in total. The van der Waals surface area contributed by atoms with Gasteiger partial charge in [-0.05, 0) is 48.0 Å². The average Bonchev–Trinajstić information content (AvgIpc) is 2.55. The molecule has 0 aliphatic carbocycles. The second-order valence-corrected chi connectivity index (χ2v) is 8.52. The van der Waals surface area contributed by atoms with Crippen LogP contribution in [0.15, 0.2) is 0 Å². The molecule has 2 atom stereocenters. The van der Waals surface area contributed by atoms with Gasteiger partial charge in [0, 0.05) is 16.9 Å². The van der Waals surface area contributed by atoms with E-state index in [2.05, 4.69) is 21.2 Å². The Bertz CT molecular complexity index is 349. The van der Waals surface area contributed by atoms with Crippen molar-refractivity contribution in [2.75, 3.05) is 6.54 Å². The Labute approximate surface area is 129 Å². The molecule has 1 fully saturated rings. The fraction of sp³-hybridized carbons (Fsp3) is 0.857. The monoisotopic (exact) mass is 348 g/mol. The first-order chi connectivity index (χ1) is 8.89. The summed E-state index contributed by atoms with van der Waals surface area (Å²) >= 11 is 3.49. The Morgan fingerprint density at radius 1 is 1.20 bits per heavy atom. The minimum Gasteiger partial charge on any atom is -0.444 e. The van der Waals surface area contributed by atoms with Crippen molar-refractivity contribution in [3.8, 4) is 0 Å². The summed E-state index contributed by atoms with van der Waals surface area (Å²) in [4.78, 5) is 26.1. The molecule has 2 amide bonds. The number of carbonyl (C=O) groups excluding carboxylic acids is 2. The van der Waals surface area contributed by atoms with Crippen molar-refractivity contribution in [3.63, 3.8) is 0 Å². The minimum atomic E-state index is -0.563. The maximum atomic E-state index is 12.3. The van der Waals surface area contributed by atoms with Crippen LogP contribution in [-0.2, 0) is 9.53 Å². The van der Waals surface area contributed by atoms with E-state index in [1.54, 1.807) is 0 Å². The lowest BCUT2D eigenvalue weighted by Gasteiger charge is -2.30. The highest BCUT2D eigenvalue weighted by molar-refractivity contribution is 9.09. The van der Waals surface area contributed by atoms with Crippen LogP contribution in [0.2, 0.25) is 0 Å². The van der Waals surface area contributed by atoms with Crippen LogP contribution in [-0.4, -0.2) is 45.5 Å². The van der Waals surface area contributed by atoms with E-state index in [1.807, 2.05) is 41.5 Å². The third-order valence-electron chi connectivity index (χ3n) is 2.68. The second kappa shape index (κ2) is 5.92. The first-order valence-corrected chi connectivity index (χ1v) is 7.76. The van der Waals surface area contributed by atoms with Crippen LogP contribution < -0.4 is 5.32 Å². The molecule has 20 heavy (non-hydrogen) atoms. The summed E-state index contributed by atoms with van der Waals surface area (Å²) in [6.45, 7) is 11.7. The quantitative estimate of drug-likeness (QED) is 0.741. The predicted octanol–water partition coefficient (Wildman–Crippen LogP) is 2.67. The number of carbonyl (C=O) groups is 2. The molecule has 1 unspecified atom stereocenters. The normalized spacial score (nSPS) is 23.6. The Balaban J connectivity index is 2.78. The van der Waals surface area contributed by atoms with Crippen LogP contribution in [0.5, 0.6) is 0 Å². The van der Waals surface area contributed by atoms with E-state index >= 15 is 0 Å². The molecule has 1 N–H and O–H groups in total. The molecular weight excluding hydrogens is 324 g/mol. The second-order valence-electron chi connectivity index (χ2n) is 7.22. The van der Waals surface area contributed by atoms with Crippen molar-refractivity contribution in [3.05, 3.63) is 0 Å². The SMILES string of the molecule is CC(C)(C)NC(=O)[C@@H]1CC(Br)CN1C(=O)OC(C)(C)C. The van der Waals surface area contributed by atoms with Crippen LogP contribution in [0.25, 0.3) is 0 Å². The molecular formula is C14H25BrN2O3.